The summed E-state index contributed by atoms with van der Waals surface area (Å²) in [6.45, 7) is 4.12. The van der Waals surface area contributed by atoms with Gasteiger partial charge in [0.1, 0.15) is 0 Å². The fourth-order valence-corrected chi connectivity index (χ4v) is 2.71. The van der Waals surface area contributed by atoms with Crippen LogP contribution in [0.1, 0.15) is 25.3 Å². The van der Waals surface area contributed by atoms with Crippen LogP contribution in [0, 0.1) is 0 Å². The Balaban J connectivity index is 2.48. The molecule has 0 radical (unpaired) electrons. The number of para-hydroxylation sites is 1. The fourth-order valence-electron chi connectivity index (χ4n) is 2.49. The smallest absolute Gasteiger partial charge is 0.273 e. The summed E-state index contributed by atoms with van der Waals surface area (Å²) < 4.78 is 1.45. The highest BCUT2D eigenvalue weighted by molar-refractivity contribution is 6.32. The van der Waals surface area contributed by atoms with E-state index in [1.54, 1.807) is 30.3 Å². The van der Waals surface area contributed by atoms with E-state index in [-0.39, 0.29) is 0 Å². The summed E-state index contributed by atoms with van der Waals surface area (Å²) >= 11 is 6.22. The van der Waals surface area contributed by atoms with Crippen LogP contribution in [0.25, 0.3) is 16.6 Å². The molecule has 0 aliphatic carbocycles. The number of nitrogens with zero attached hydrogens (tertiary/aromatic N) is 1. The van der Waals surface area contributed by atoms with Gasteiger partial charge in [-0.3, -0.25) is 14.3 Å². The lowest BCUT2D eigenvalue weighted by molar-refractivity contribution is 0.864. The van der Waals surface area contributed by atoms with Crippen molar-refractivity contribution in [1.29, 1.82) is 0 Å². The van der Waals surface area contributed by atoms with Crippen LogP contribution in [0.5, 0.6) is 0 Å². The first-order valence-corrected chi connectivity index (χ1v) is 7.40. The van der Waals surface area contributed by atoms with E-state index >= 15 is 0 Å². The summed E-state index contributed by atoms with van der Waals surface area (Å²) in [6.07, 6.45) is 0. The minimum Gasteiger partial charge on any atom is -0.273 e. The molecule has 0 atom stereocenters. The monoisotopic (exact) mass is 314 g/mol. The number of rotatable bonds is 2. The Morgan fingerprint density at radius 2 is 1.82 bits per heavy atom. The van der Waals surface area contributed by atoms with Crippen molar-refractivity contribution in [2.24, 2.45) is 0 Å². The average molecular weight is 315 g/mol. The van der Waals surface area contributed by atoms with Gasteiger partial charge in [-0.2, -0.15) is 0 Å². The zero-order valence-electron chi connectivity index (χ0n) is 12.3. The maximum Gasteiger partial charge on any atom is 0.333 e. The summed E-state index contributed by atoms with van der Waals surface area (Å²) in [4.78, 5) is 26.7. The standard InChI is InChI=1S/C17H15ClN2O2/c1-10(2)11-7-8-12-15(9-11)20(17(22)19-16(12)21)14-6-4-3-5-13(14)18/h3-10H,1-2H3,(H,19,21,22). The molecule has 22 heavy (non-hydrogen) atoms. The van der Waals surface area contributed by atoms with Crippen molar-refractivity contribution in [1.82, 2.24) is 9.55 Å². The summed E-state index contributed by atoms with van der Waals surface area (Å²) in [5, 5.41) is 0.914. The molecule has 3 aromatic rings. The van der Waals surface area contributed by atoms with Crippen molar-refractivity contribution in [2.75, 3.05) is 0 Å². The number of hydrogen-bond acceptors (Lipinski definition) is 2. The SMILES string of the molecule is CC(C)c1ccc2c(=O)[nH]c(=O)n(-c3ccccc3Cl)c2c1. The van der Waals surface area contributed by atoms with Crippen LogP contribution >= 0.6 is 11.6 Å². The molecular formula is C17H15ClN2O2. The van der Waals surface area contributed by atoms with Crippen LogP contribution in [0.3, 0.4) is 0 Å². The first-order valence-electron chi connectivity index (χ1n) is 7.03. The maximum absolute atomic E-state index is 12.3. The van der Waals surface area contributed by atoms with Crippen LogP contribution in [0.4, 0.5) is 0 Å². The Morgan fingerprint density at radius 3 is 2.50 bits per heavy atom. The Hall–Kier alpha value is -2.33. The van der Waals surface area contributed by atoms with Crippen LogP contribution in [0.15, 0.2) is 52.1 Å². The highest BCUT2D eigenvalue weighted by atomic mass is 35.5. The molecule has 3 rings (SSSR count). The molecule has 0 unspecified atom stereocenters. The first kappa shape index (κ1) is 14.6. The predicted octanol–water partition coefficient (Wildman–Crippen LogP) is 3.46. The minimum absolute atomic E-state index is 0.290. The van der Waals surface area contributed by atoms with Gasteiger partial charge in [-0.15, -0.1) is 0 Å². The lowest BCUT2D eigenvalue weighted by atomic mass is 10.0. The molecule has 0 bridgehead atoms. The number of aromatic nitrogens is 2. The highest BCUT2D eigenvalue weighted by Crippen LogP contribution is 2.24. The summed E-state index contributed by atoms with van der Waals surface area (Å²) in [5.41, 5.74) is 1.28. The normalized spacial score (nSPS) is 11.3. The molecule has 0 aliphatic heterocycles. The fraction of sp³-hybridized carbons (Fsp3) is 0.176. The van der Waals surface area contributed by atoms with Crippen molar-refractivity contribution in [2.45, 2.75) is 19.8 Å². The van der Waals surface area contributed by atoms with Gasteiger partial charge in [0.25, 0.3) is 5.56 Å². The van der Waals surface area contributed by atoms with E-state index in [1.807, 2.05) is 12.1 Å². The van der Waals surface area contributed by atoms with Gasteiger partial charge >= 0.3 is 5.69 Å². The molecule has 0 saturated carbocycles. The molecule has 1 aromatic heterocycles. The Kier molecular flexibility index (Phi) is 3.62. The summed E-state index contributed by atoms with van der Waals surface area (Å²) in [6, 6.07) is 12.6. The molecule has 4 nitrogen and oxygen atoms in total. The number of fused-ring (bicyclic) bond motifs is 1. The lowest BCUT2D eigenvalue weighted by Gasteiger charge is -2.13. The molecule has 0 fully saturated rings. The molecule has 0 saturated heterocycles. The van der Waals surface area contributed by atoms with Crippen molar-refractivity contribution in [3.63, 3.8) is 0 Å². The molecule has 0 spiro atoms. The highest BCUT2D eigenvalue weighted by Gasteiger charge is 2.13. The number of halogens is 1. The number of H-pyrrole nitrogens is 1. The van der Waals surface area contributed by atoms with E-state index in [2.05, 4.69) is 18.8 Å². The van der Waals surface area contributed by atoms with Gasteiger partial charge in [0, 0.05) is 0 Å². The van der Waals surface area contributed by atoms with E-state index in [0.29, 0.717) is 27.5 Å². The summed E-state index contributed by atoms with van der Waals surface area (Å²) in [7, 11) is 0. The van der Waals surface area contributed by atoms with Crippen LogP contribution in [-0.2, 0) is 0 Å². The second kappa shape index (κ2) is 5.46. The largest absolute Gasteiger partial charge is 0.333 e. The van der Waals surface area contributed by atoms with Gasteiger partial charge in [-0.25, -0.2) is 4.79 Å². The average Bonchev–Trinajstić information content (AvgIpc) is 2.48. The van der Waals surface area contributed by atoms with Crippen LogP contribution in [0.2, 0.25) is 5.02 Å². The molecule has 5 heteroatoms. The third-order valence-electron chi connectivity index (χ3n) is 3.69. The van der Waals surface area contributed by atoms with E-state index in [9.17, 15) is 9.59 Å². The molecule has 0 aliphatic rings. The van der Waals surface area contributed by atoms with E-state index in [1.165, 1.54) is 4.57 Å². The quantitative estimate of drug-likeness (QED) is 0.787. The summed E-state index contributed by atoms with van der Waals surface area (Å²) in [5.74, 6) is 0.290. The predicted molar refractivity (Wildman–Crippen MR) is 89.3 cm³/mol. The second-order valence-electron chi connectivity index (χ2n) is 5.48. The first-order chi connectivity index (χ1) is 10.5. The number of aromatic amines is 1. The third-order valence-corrected chi connectivity index (χ3v) is 4.01. The third kappa shape index (κ3) is 2.35. The van der Waals surface area contributed by atoms with E-state index in [0.717, 1.165) is 5.56 Å². The topological polar surface area (TPSA) is 54.9 Å². The molecule has 1 heterocycles. The molecule has 0 amide bonds. The van der Waals surface area contributed by atoms with Gasteiger partial charge in [-0.05, 0) is 35.7 Å². The second-order valence-corrected chi connectivity index (χ2v) is 5.88. The van der Waals surface area contributed by atoms with Gasteiger partial charge in [-0.1, -0.05) is 43.6 Å². The van der Waals surface area contributed by atoms with Crippen LogP contribution in [-0.4, -0.2) is 9.55 Å². The van der Waals surface area contributed by atoms with Gasteiger partial charge in [0.15, 0.2) is 0 Å². The zero-order valence-corrected chi connectivity index (χ0v) is 13.0. The van der Waals surface area contributed by atoms with E-state index < -0.39 is 11.2 Å². The maximum atomic E-state index is 12.3. The van der Waals surface area contributed by atoms with Crippen molar-refractivity contribution in [3.05, 3.63) is 73.9 Å². The Labute approximate surface area is 132 Å². The minimum atomic E-state index is -0.494. The van der Waals surface area contributed by atoms with Crippen molar-refractivity contribution >= 4 is 22.5 Å². The molecular weight excluding hydrogens is 300 g/mol. The van der Waals surface area contributed by atoms with Gasteiger partial charge in [0.05, 0.1) is 21.6 Å². The van der Waals surface area contributed by atoms with Crippen molar-refractivity contribution in [3.8, 4) is 5.69 Å². The number of nitrogens with one attached hydrogen (secondary N) is 1. The van der Waals surface area contributed by atoms with Crippen LogP contribution < -0.4 is 11.2 Å². The van der Waals surface area contributed by atoms with Gasteiger partial charge < -0.3 is 0 Å². The molecule has 112 valence electrons. The number of hydrogen-bond donors (Lipinski definition) is 1. The van der Waals surface area contributed by atoms with E-state index in [4.69, 9.17) is 11.6 Å². The number of benzene rings is 2. The Morgan fingerprint density at radius 1 is 1.09 bits per heavy atom. The van der Waals surface area contributed by atoms with Crippen molar-refractivity contribution < 1.29 is 0 Å². The van der Waals surface area contributed by atoms with Gasteiger partial charge in [0.2, 0.25) is 0 Å². The molecule has 2 aromatic carbocycles. The lowest BCUT2D eigenvalue weighted by Crippen LogP contribution is -2.29. The Bertz CT molecular complexity index is 970. The zero-order chi connectivity index (χ0) is 15.9. The molecule has 1 N–H and O–H groups in total.